The van der Waals surface area contributed by atoms with Crippen molar-refractivity contribution < 1.29 is 9.90 Å². The summed E-state index contributed by atoms with van der Waals surface area (Å²) < 4.78 is 0. The zero-order valence-electron chi connectivity index (χ0n) is 10.0. The largest absolute Gasteiger partial charge is 0.478 e. The summed E-state index contributed by atoms with van der Waals surface area (Å²) >= 11 is 0. The van der Waals surface area contributed by atoms with Crippen molar-refractivity contribution in [2.24, 2.45) is 0 Å². The number of hydrogen-bond donors (Lipinski definition) is 2. The maximum absolute atomic E-state index is 11.2. The molecule has 2 rings (SSSR count). The molecule has 1 saturated carbocycles. The molecule has 17 heavy (non-hydrogen) atoms. The highest BCUT2D eigenvalue weighted by Crippen LogP contribution is 2.30. The fourth-order valence-electron chi connectivity index (χ4n) is 2.51. The van der Waals surface area contributed by atoms with Gasteiger partial charge in [-0.3, -0.25) is 0 Å². The zero-order chi connectivity index (χ0) is 12.4. The van der Waals surface area contributed by atoms with E-state index in [4.69, 9.17) is 5.73 Å². The van der Waals surface area contributed by atoms with E-state index >= 15 is 0 Å². The second-order valence-electron chi connectivity index (χ2n) is 4.63. The fourth-order valence-corrected chi connectivity index (χ4v) is 2.51. The molecule has 0 unspecified atom stereocenters. The first-order chi connectivity index (χ1) is 8.09. The molecule has 1 aromatic carbocycles. The van der Waals surface area contributed by atoms with Gasteiger partial charge in [-0.05, 0) is 31.0 Å². The lowest BCUT2D eigenvalue weighted by atomic mass is 10.1. The number of nitrogens with two attached hydrogens (primary N) is 1. The Kier molecular flexibility index (Phi) is 3.22. The van der Waals surface area contributed by atoms with E-state index in [2.05, 4.69) is 4.90 Å². The Hall–Kier alpha value is -1.71. The maximum Gasteiger partial charge on any atom is 0.337 e. The van der Waals surface area contributed by atoms with E-state index in [0.717, 1.165) is 18.5 Å². The number of carbonyl (C=O) groups is 1. The van der Waals surface area contributed by atoms with Crippen molar-refractivity contribution in [1.82, 2.24) is 0 Å². The Morgan fingerprint density at radius 2 is 2.06 bits per heavy atom. The third-order valence-corrected chi connectivity index (χ3v) is 3.50. The summed E-state index contributed by atoms with van der Waals surface area (Å²) in [6.45, 7) is 0. The lowest BCUT2D eigenvalue weighted by molar-refractivity contribution is 0.0697. The van der Waals surface area contributed by atoms with Gasteiger partial charge < -0.3 is 15.7 Å². The lowest BCUT2D eigenvalue weighted by Gasteiger charge is -2.28. The highest BCUT2D eigenvalue weighted by atomic mass is 16.4. The third-order valence-electron chi connectivity index (χ3n) is 3.50. The molecule has 0 atom stereocenters. The Bertz CT molecular complexity index is 425. The lowest BCUT2D eigenvalue weighted by Crippen LogP contribution is -2.30. The van der Waals surface area contributed by atoms with Crippen LogP contribution in [-0.2, 0) is 0 Å². The summed E-state index contributed by atoms with van der Waals surface area (Å²) in [5, 5.41) is 9.18. The Morgan fingerprint density at radius 3 is 2.65 bits per heavy atom. The van der Waals surface area contributed by atoms with Gasteiger partial charge in [-0.1, -0.05) is 12.8 Å². The van der Waals surface area contributed by atoms with Gasteiger partial charge >= 0.3 is 5.97 Å². The SMILES string of the molecule is CN(c1cc(N)ccc1C(=O)O)C1CCCC1. The van der Waals surface area contributed by atoms with Gasteiger partial charge in [0.25, 0.3) is 0 Å². The molecule has 1 aromatic rings. The van der Waals surface area contributed by atoms with Crippen LogP contribution in [0.2, 0.25) is 0 Å². The van der Waals surface area contributed by atoms with Gasteiger partial charge in [0.15, 0.2) is 0 Å². The molecule has 0 aromatic heterocycles. The zero-order valence-corrected chi connectivity index (χ0v) is 10.0. The average Bonchev–Trinajstić information content (AvgIpc) is 2.80. The standard InChI is InChI=1S/C13H18N2O2/c1-15(10-4-2-3-5-10)12-8-9(14)6-7-11(12)13(16)17/h6-8,10H,2-5,14H2,1H3,(H,16,17). The quantitative estimate of drug-likeness (QED) is 0.788. The molecule has 0 aliphatic heterocycles. The minimum Gasteiger partial charge on any atom is -0.478 e. The van der Waals surface area contributed by atoms with Crippen molar-refractivity contribution >= 4 is 17.3 Å². The molecule has 92 valence electrons. The second-order valence-corrected chi connectivity index (χ2v) is 4.63. The van der Waals surface area contributed by atoms with Crippen LogP contribution in [0.15, 0.2) is 18.2 Å². The van der Waals surface area contributed by atoms with Crippen molar-refractivity contribution in [3.63, 3.8) is 0 Å². The van der Waals surface area contributed by atoms with Gasteiger partial charge in [-0.25, -0.2) is 4.79 Å². The van der Waals surface area contributed by atoms with E-state index in [1.54, 1.807) is 18.2 Å². The molecular weight excluding hydrogens is 216 g/mol. The fraction of sp³-hybridized carbons (Fsp3) is 0.462. The molecule has 0 radical (unpaired) electrons. The van der Waals surface area contributed by atoms with Crippen LogP contribution in [0.25, 0.3) is 0 Å². The summed E-state index contributed by atoms with van der Waals surface area (Å²) in [5.41, 5.74) is 7.40. The van der Waals surface area contributed by atoms with Crippen LogP contribution < -0.4 is 10.6 Å². The number of anilines is 2. The van der Waals surface area contributed by atoms with Crippen LogP contribution in [0.5, 0.6) is 0 Å². The van der Waals surface area contributed by atoms with Gasteiger partial charge in [0.1, 0.15) is 0 Å². The highest BCUT2D eigenvalue weighted by Gasteiger charge is 2.23. The first-order valence-corrected chi connectivity index (χ1v) is 5.95. The summed E-state index contributed by atoms with van der Waals surface area (Å²) in [4.78, 5) is 13.2. The molecule has 0 spiro atoms. The molecule has 1 fully saturated rings. The number of aromatic carboxylic acids is 1. The Balaban J connectivity index is 2.34. The van der Waals surface area contributed by atoms with Crippen LogP contribution >= 0.6 is 0 Å². The summed E-state index contributed by atoms with van der Waals surface area (Å²) in [5.74, 6) is -0.898. The summed E-state index contributed by atoms with van der Waals surface area (Å²) in [6.07, 6.45) is 4.70. The smallest absolute Gasteiger partial charge is 0.337 e. The summed E-state index contributed by atoms with van der Waals surface area (Å²) in [6, 6.07) is 5.41. The molecule has 0 bridgehead atoms. The monoisotopic (exact) mass is 234 g/mol. The highest BCUT2D eigenvalue weighted by molar-refractivity contribution is 5.95. The molecule has 1 aliphatic carbocycles. The molecular formula is C13H18N2O2. The van der Waals surface area contributed by atoms with E-state index in [1.165, 1.54) is 12.8 Å². The topological polar surface area (TPSA) is 66.6 Å². The molecule has 1 aliphatic rings. The van der Waals surface area contributed by atoms with Crippen molar-refractivity contribution in [3.05, 3.63) is 23.8 Å². The van der Waals surface area contributed by atoms with Crippen LogP contribution in [-0.4, -0.2) is 24.2 Å². The first-order valence-electron chi connectivity index (χ1n) is 5.95. The van der Waals surface area contributed by atoms with Crippen LogP contribution in [0.4, 0.5) is 11.4 Å². The van der Waals surface area contributed by atoms with Crippen molar-refractivity contribution in [2.45, 2.75) is 31.7 Å². The molecule has 3 N–H and O–H groups in total. The molecule has 4 nitrogen and oxygen atoms in total. The van der Waals surface area contributed by atoms with Gasteiger partial charge in [0, 0.05) is 18.8 Å². The number of nitrogens with zero attached hydrogens (tertiary/aromatic N) is 1. The predicted octanol–water partition coefficient (Wildman–Crippen LogP) is 2.35. The minimum atomic E-state index is -0.898. The molecule has 0 saturated heterocycles. The Morgan fingerprint density at radius 1 is 1.41 bits per heavy atom. The molecule has 4 heteroatoms. The van der Waals surface area contributed by atoms with Crippen LogP contribution in [0.3, 0.4) is 0 Å². The molecule has 0 amide bonds. The van der Waals surface area contributed by atoms with Crippen molar-refractivity contribution in [2.75, 3.05) is 17.7 Å². The predicted molar refractivity (Wildman–Crippen MR) is 68.5 cm³/mol. The minimum absolute atomic E-state index is 0.327. The molecule has 0 heterocycles. The summed E-state index contributed by atoms with van der Waals surface area (Å²) in [7, 11) is 1.96. The van der Waals surface area contributed by atoms with E-state index in [0.29, 0.717) is 17.3 Å². The van der Waals surface area contributed by atoms with Crippen LogP contribution in [0, 0.1) is 0 Å². The van der Waals surface area contributed by atoms with Crippen molar-refractivity contribution in [1.29, 1.82) is 0 Å². The average molecular weight is 234 g/mol. The van der Waals surface area contributed by atoms with Gasteiger partial charge in [0.2, 0.25) is 0 Å². The number of rotatable bonds is 3. The number of hydrogen-bond acceptors (Lipinski definition) is 3. The van der Waals surface area contributed by atoms with E-state index in [9.17, 15) is 9.90 Å². The van der Waals surface area contributed by atoms with E-state index < -0.39 is 5.97 Å². The normalized spacial score (nSPS) is 16.1. The van der Waals surface area contributed by atoms with Crippen molar-refractivity contribution in [3.8, 4) is 0 Å². The van der Waals surface area contributed by atoms with E-state index in [1.807, 2.05) is 7.05 Å². The second kappa shape index (κ2) is 4.65. The Labute approximate surface area is 101 Å². The number of nitrogen functional groups attached to an aromatic ring is 1. The van der Waals surface area contributed by atoms with Gasteiger partial charge in [0.05, 0.1) is 11.3 Å². The third kappa shape index (κ3) is 2.35. The van der Waals surface area contributed by atoms with Crippen LogP contribution in [0.1, 0.15) is 36.0 Å². The van der Waals surface area contributed by atoms with Gasteiger partial charge in [-0.15, -0.1) is 0 Å². The van der Waals surface area contributed by atoms with E-state index in [-0.39, 0.29) is 0 Å². The number of carboxylic acids is 1. The maximum atomic E-state index is 11.2. The van der Waals surface area contributed by atoms with Gasteiger partial charge in [-0.2, -0.15) is 0 Å². The number of benzene rings is 1. The first kappa shape index (κ1) is 11.8. The number of carboxylic acid groups (broad SMARTS) is 1.